The maximum Gasteiger partial charge on any atom is 0.319 e. The molecule has 0 aliphatic heterocycles. The van der Waals surface area contributed by atoms with Crippen molar-refractivity contribution in [2.24, 2.45) is 0 Å². The Hall–Kier alpha value is -5.75. The SMILES string of the molecule is O=C(CCc1cncn1-c1ccc(F)cc1)Nc1ccc(CO[PH](=O)OCc2ccc(NC(=O)CCc3cncn3-c3ccc(F)cc3)cc2)cc1. The zero-order valence-electron chi connectivity index (χ0n) is 27.9. The Morgan fingerprint density at radius 3 is 1.37 bits per heavy atom. The molecule has 0 unspecified atom stereocenters. The van der Waals surface area contributed by atoms with Crippen LogP contribution in [0.3, 0.4) is 0 Å². The summed E-state index contributed by atoms with van der Waals surface area (Å²) in [5, 5.41) is 5.72. The van der Waals surface area contributed by atoms with Crippen LogP contribution in [0.5, 0.6) is 0 Å². The zero-order chi connectivity index (χ0) is 36.3. The number of anilines is 2. The summed E-state index contributed by atoms with van der Waals surface area (Å²) < 4.78 is 53.4. The van der Waals surface area contributed by atoms with Gasteiger partial charge in [-0.05, 0) is 96.8 Å². The molecule has 2 N–H and O–H groups in total. The van der Waals surface area contributed by atoms with E-state index in [1.54, 1.807) is 97.8 Å². The number of nitrogens with zero attached hydrogens (tertiary/aromatic N) is 4. The molecular formula is C38H35F2N6O5P. The molecule has 266 valence electrons. The molecule has 0 atom stereocenters. The first-order chi connectivity index (χ1) is 25.3. The number of hydrogen-bond donors (Lipinski definition) is 2. The van der Waals surface area contributed by atoms with Gasteiger partial charge in [-0.15, -0.1) is 0 Å². The first-order valence-corrected chi connectivity index (χ1v) is 17.6. The molecule has 0 radical (unpaired) electrons. The van der Waals surface area contributed by atoms with Crippen molar-refractivity contribution in [3.8, 4) is 11.4 Å². The molecule has 0 fully saturated rings. The number of imidazole rings is 2. The minimum absolute atomic E-state index is 0.0645. The molecule has 0 aliphatic rings. The van der Waals surface area contributed by atoms with Gasteiger partial charge in [0.15, 0.2) is 0 Å². The van der Waals surface area contributed by atoms with E-state index < -0.39 is 8.25 Å². The van der Waals surface area contributed by atoms with E-state index in [2.05, 4.69) is 20.6 Å². The largest absolute Gasteiger partial charge is 0.326 e. The highest BCUT2D eigenvalue weighted by Gasteiger charge is 2.11. The van der Waals surface area contributed by atoms with Crippen LogP contribution in [0.2, 0.25) is 0 Å². The van der Waals surface area contributed by atoms with Crippen LogP contribution in [0.15, 0.2) is 122 Å². The molecule has 0 spiro atoms. The van der Waals surface area contributed by atoms with E-state index in [1.807, 2.05) is 9.13 Å². The van der Waals surface area contributed by atoms with E-state index in [0.717, 1.165) is 33.9 Å². The molecule has 14 heteroatoms. The Balaban J connectivity index is 0.877. The number of nitrogens with one attached hydrogen (secondary N) is 2. The van der Waals surface area contributed by atoms with Crippen molar-refractivity contribution in [3.63, 3.8) is 0 Å². The summed E-state index contributed by atoms with van der Waals surface area (Å²) >= 11 is 0. The van der Waals surface area contributed by atoms with E-state index in [-0.39, 0.29) is 49.5 Å². The lowest BCUT2D eigenvalue weighted by atomic mass is 10.2. The van der Waals surface area contributed by atoms with Crippen LogP contribution >= 0.6 is 8.25 Å². The standard InChI is InChI=1S/C38H35F2N6O5P/c39-29-5-13-33(14-6-29)45-25-41-21-35(45)17-19-37(47)43-31-9-1-27(2-10-31)23-50-52(49)51-24-28-3-11-32(12-4-28)44-38(48)20-18-36-22-42-26-46(36)34-15-7-30(40)8-16-34/h1-16,21-22,25-26,52H,17-20,23-24H2,(H,43,47)(H,44,48). The average molecular weight is 725 g/mol. The molecule has 2 heterocycles. The van der Waals surface area contributed by atoms with Crippen LogP contribution in [0, 0.1) is 11.6 Å². The number of aromatic nitrogens is 4. The number of benzene rings is 4. The van der Waals surface area contributed by atoms with Crippen LogP contribution in [0.25, 0.3) is 11.4 Å². The second-order valence-corrected chi connectivity index (χ2v) is 12.9. The molecule has 4 aromatic carbocycles. The second-order valence-electron chi connectivity index (χ2n) is 11.8. The summed E-state index contributed by atoms with van der Waals surface area (Å²) in [7, 11) is -2.79. The number of amides is 2. The van der Waals surface area contributed by atoms with E-state index in [1.165, 1.54) is 24.3 Å². The number of rotatable bonds is 16. The fourth-order valence-electron chi connectivity index (χ4n) is 5.31. The van der Waals surface area contributed by atoms with Gasteiger partial charge in [0.05, 0.1) is 25.9 Å². The lowest BCUT2D eigenvalue weighted by Gasteiger charge is -2.10. The minimum atomic E-state index is -2.79. The van der Waals surface area contributed by atoms with Gasteiger partial charge >= 0.3 is 8.25 Å². The number of hydrogen-bond acceptors (Lipinski definition) is 7. The normalized spacial score (nSPS) is 11.1. The van der Waals surface area contributed by atoms with Gasteiger partial charge in [-0.3, -0.25) is 14.2 Å². The zero-order valence-corrected chi connectivity index (χ0v) is 28.9. The van der Waals surface area contributed by atoms with Gasteiger partial charge in [-0.2, -0.15) is 0 Å². The summed E-state index contributed by atoms with van der Waals surface area (Å²) in [5.41, 5.74) is 5.90. The number of halogens is 2. The van der Waals surface area contributed by atoms with E-state index in [9.17, 15) is 22.9 Å². The van der Waals surface area contributed by atoms with Crippen LogP contribution < -0.4 is 10.6 Å². The molecule has 6 rings (SSSR count). The molecule has 2 amide bonds. The van der Waals surface area contributed by atoms with Crippen molar-refractivity contribution in [3.05, 3.63) is 156 Å². The molecule has 2 aromatic heterocycles. The van der Waals surface area contributed by atoms with Gasteiger partial charge in [0.1, 0.15) is 11.6 Å². The van der Waals surface area contributed by atoms with Crippen molar-refractivity contribution in [2.75, 3.05) is 10.6 Å². The van der Waals surface area contributed by atoms with E-state index >= 15 is 0 Å². The first kappa shape index (κ1) is 36.1. The van der Waals surface area contributed by atoms with Gasteiger partial charge < -0.3 is 28.8 Å². The second kappa shape index (κ2) is 17.5. The monoisotopic (exact) mass is 724 g/mol. The highest BCUT2D eigenvalue weighted by molar-refractivity contribution is 7.33. The Bertz CT molecular complexity index is 1970. The van der Waals surface area contributed by atoms with E-state index in [0.29, 0.717) is 24.2 Å². The van der Waals surface area contributed by atoms with Gasteiger partial charge in [-0.1, -0.05) is 24.3 Å². The highest BCUT2D eigenvalue weighted by atomic mass is 31.1. The van der Waals surface area contributed by atoms with Crippen molar-refractivity contribution in [1.29, 1.82) is 0 Å². The predicted octanol–water partition coefficient (Wildman–Crippen LogP) is 7.60. The van der Waals surface area contributed by atoms with Gasteiger partial charge in [0, 0.05) is 59.4 Å². The Morgan fingerprint density at radius 1 is 0.596 bits per heavy atom. The van der Waals surface area contributed by atoms with Gasteiger partial charge in [0.25, 0.3) is 0 Å². The molecule has 52 heavy (non-hydrogen) atoms. The maximum atomic E-state index is 13.3. The van der Waals surface area contributed by atoms with Crippen molar-refractivity contribution in [2.45, 2.75) is 38.9 Å². The average Bonchev–Trinajstić information content (AvgIpc) is 3.83. The van der Waals surface area contributed by atoms with Crippen molar-refractivity contribution >= 4 is 31.4 Å². The Kier molecular flexibility index (Phi) is 12.1. The Labute approximate surface area is 299 Å². The lowest BCUT2D eigenvalue weighted by Crippen LogP contribution is -2.13. The number of carbonyl (C=O) groups excluding carboxylic acids is 2. The van der Waals surface area contributed by atoms with Crippen LogP contribution in [0.1, 0.15) is 35.4 Å². The smallest absolute Gasteiger partial charge is 0.319 e. The number of carbonyl (C=O) groups is 2. The molecule has 0 aliphatic carbocycles. The molecule has 0 saturated heterocycles. The Morgan fingerprint density at radius 2 is 0.981 bits per heavy atom. The fourth-order valence-corrected chi connectivity index (χ4v) is 5.96. The fraction of sp³-hybridized carbons (Fsp3) is 0.158. The van der Waals surface area contributed by atoms with Crippen LogP contribution in [-0.4, -0.2) is 30.9 Å². The summed E-state index contributed by atoms with van der Waals surface area (Å²) in [4.78, 5) is 33.5. The predicted molar refractivity (Wildman–Crippen MR) is 192 cm³/mol. The quantitative estimate of drug-likeness (QED) is 0.0984. The maximum absolute atomic E-state index is 13.3. The summed E-state index contributed by atoms with van der Waals surface area (Å²) in [6.07, 6.45) is 7.96. The third-order valence-electron chi connectivity index (χ3n) is 8.05. The highest BCUT2D eigenvalue weighted by Crippen LogP contribution is 2.28. The van der Waals surface area contributed by atoms with E-state index in [4.69, 9.17) is 9.05 Å². The number of aryl methyl sites for hydroxylation is 2. The third kappa shape index (κ3) is 10.2. The minimum Gasteiger partial charge on any atom is -0.326 e. The lowest BCUT2D eigenvalue weighted by molar-refractivity contribution is -0.117. The molecular weight excluding hydrogens is 689 g/mol. The van der Waals surface area contributed by atoms with Gasteiger partial charge in [-0.25, -0.2) is 18.7 Å². The van der Waals surface area contributed by atoms with Gasteiger partial charge in [0.2, 0.25) is 11.8 Å². The van der Waals surface area contributed by atoms with Crippen molar-refractivity contribution < 1.29 is 32.0 Å². The van der Waals surface area contributed by atoms with Crippen LogP contribution in [0.4, 0.5) is 20.2 Å². The molecule has 11 nitrogen and oxygen atoms in total. The molecule has 6 aromatic rings. The third-order valence-corrected chi connectivity index (χ3v) is 8.81. The first-order valence-electron chi connectivity index (χ1n) is 16.4. The molecule has 0 saturated carbocycles. The summed E-state index contributed by atoms with van der Waals surface area (Å²) in [6, 6.07) is 26.1. The summed E-state index contributed by atoms with van der Waals surface area (Å²) in [5.74, 6) is -0.995. The topological polar surface area (TPSA) is 129 Å². The van der Waals surface area contributed by atoms with Crippen molar-refractivity contribution in [1.82, 2.24) is 19.1 Å². The van der Waals surface area contributed by atoms with Crippen LogP contribution in [-0.2, 0) is 49.3 Å². The summed E-state index contributed by atoms with van der Waals surface area (Å²) in [6.45, 7) is 0.129. The molecule has 0 bridgehead atoms.